The van der Waals surface area contributed by atoms with E-state index in [1.54, 1.807) is 6.33 Å². The Morgan fingerprint density at radius 1 is 0.372 bits per heavy atom. The Morgan fingerprint density at radius 2 is 0.752 bits per heavy atom. The average Bonchev–Trinajstić information content (AvgIpc) is 1.64. The minimum atomic E-state index is 0.573. The Balaban J connectivity index is 0.000000115. The van der Waals surface area contributed by atoms with Crippen LogP contribution in [0.15, 0.2) is 249 Å². The van der Waals surface area contributed by atoms with Crippen molar-refractivity contribution in [3.05, 3.63) is 261 Å². The van der Waals surface area contributed by atoms with Gasteiger partial charge in [0.15, 0.2) is 0 Å². The monoisotopic (exact) mass is 1620 g/mol. The minimum absolute atomic E-state index is 0.573. The van der Waals surface area contributed by atoms with E-state index >= 15 is 0 Å². The first kappa shape index (κ1) is 82.4. The number of pyridine rings is 1. The molecule has 6 fully saturated rings. The minimum Gasteiger partial charge on any atom is -0.379 e. The topological polar surface area (TPSA) is 184 Å². The molecule has 0 radical (unpaired) electrons. The Bertz CT molecular complexity index is 5370. The third-order valence-electron chi connectivity index (χ3n) is 26.0. The fourth-order valence-corrected chi connectivity index (χ4v) is 18.6. The zero-order valence-electron chi connectivity index (χ0n) is 71.1. The predicted molar refractivity (Wildman–Crippen MR) is 502 cm³/mol. The van der Waals surface area contributed by atoms with Crippen LogP contribution in [-0.2, 0) is 24.8 Å². The van der Waals surface area contributed by atoms with E-state index in [2.05, 4.69) is 317 Å². The summed E-state index contributed by atoms with van der Waals surface area (Å²) in [6.45, 7) is 24.3. The van der Waals surface area contributed by atoms with Crippen molar-refractivity contribution in [3.8, 4) is 45.0 Å². The van der Waals surface area contributed by atoms with Gasteiger partial charge in [-0.15, -0.1) is 0 Å². The SMILES string of the molecule is CC1CCN(CCNC2CCN(c3cccc(-c4cc5ccccc5[nH]4)c3)CC2)CC1.Cn1ncnc1CCNC1CCN(c2cccc(-c3cc4ccccc4[nH]3)c2)CC1.c1cc(-c2cc3ccccc3[nH]2)cc(N2CCC(NCCCN3CCOCC3)CC2)c1.c1cncc(CNC2CCN(c3cccc(-c4cc5ccccc5[nH]4)c3)CC2)c1. The molecule has 6 aliphatic rings. The molecule has 0 saturated carbocycles. The number of anilines is 4. The number of fused-ring (bicyclic) bond motifs is 4. The summed E-state index contributed by atoms with van der Waals surface area (Å²) in [5.74, 6) is 1.96. The summed E-state index contributed by atoms with van der Waals surface area (Å²) in [5, 5.41) is 24.2. The van der Waals surface area contributed by atoms with Crippen LogP contribution in [0.1, 0.15) is 88.9 Å². The first-order chi connectivity index (χ1) is 59.7. The van der Waals surface area contributed by atoms with Gasteiger partial charge in [-0.2, -0.15) is 5.10 Å². The quantitative estimate of drug-likeness (QED) is 0.0267. The summed E-state index contributed by atoms with van der Waals surface area (Å²) < 4.78 is 7.28. The summed E-state index contributed by atoms with van der Waals surface area (Å²) in [4.78, 5) is 38.0. The molecule has 0 atom stereocenters. The normalized spacial score (nSPS) is 17.1. The van der Waals surface area contributed by atoms with Crippen LogP contribution in [-0.4, -0.2) is 198 Å². The lowest BCUT2D eigenvalue weighted by Crippen LogP contribution is -2.45. The number of nitrogens with one attached hydrogen (secondary N) is 8. The summed E-state index contributed by atoms with van der Waals surface area (Å²) in [5.41, 5.74) is 21.1. The summed E-state index contributed by atoms with van der Waals surface area (Å²) in [7, 11) is 1.95. The maximum atomic E-state index is 5.43. The zero-order chi connectivity index (χ0) is 81.7. The molecule has 0 bridgehead atoms. The lowest BCUT2D eigenvalue weighted by Gasteiger charge is -2.35. The molecule has 0 amide bonds. The number of morpholine rings is 1. The van der Waals surface area contributed by atoms with Crippen molar-refractivity contribution in [3.63, 3.8) is 0 Å². The van der Waals surface area contributed by atoms with Gasteiger partial charge >= 0.3 is 0 Å². The van der Waals surface area contributed by atoms with Crippen molar-refractivity contribution < 1.29 is 4.74 Å². The predicted octanol–water partition coefficient (Wildman–Crippen LogP) is 18.0. The van der Waals surface area contributed by atoms with E-state index in [0.29, 0.717) is 24.2 Å². The van der Waals surface area contributed by atoms with Gasteiger partial charge in [0.1, 0.15) is 12.2 Å². The Hall–Kier alpha value is -10.9. The van der Waals surface area contributed by atoms with Crippen molar-refractivity contribution in [2.45, 2.75) is 115 Å². The van der Waals surface area contributed by atoms with Gasteiger partial charge in [0, 0.05) is 231 Å². The third kappa shape index (κ3) is 22.3. The molecule has 12 heterocycles. The van der Waals surface area contributed by atoms with Crippen LogP contribution in [0, 0.1) is 5.92 Å². The van der Waals surface area contributed by atoms with E-state index < -0.39 is 0 Å². The van der Waals surface area contributed by atoms with Crippen LogP contribution < -0.4 is 40.9 Å². The molecular formula is C102H124N18O. The Kier molecular flexibility index (Phi) is 28.0. The third-order valence-corrected chi connectivity index (χ3v) is 26.0. The van der Waals surface area contributed by atoms with E-state index in [4.69, 9.17) is 4.74 Å². The summed E-state index contributed by atoms with van der Waals surface area (Å²) in [6.07, 6.45) is 19.8. The van der Waals surface area contributed by atoms with E-state index in [9.17, 15) is 0 Å². The maximum absolute atomic E-state index is 5.43. The van der Waals surface area contributed by atoms with Crippen LogP contribution >= 0.6 is 0 Å². The standard InChI is InChI=1S/C27H36N4.C26H34N4O.C25H26N4.C24H28N6/c1-21-9-14-30(15-10-21)18-13-28-24-11-16-31(17-12-24)25-7-4-6-22(19-25)27-20-23-5-2-3-8-26(23)29-27;1-2-8-25-22(5-1)20-26(28-25)21-6-3-7-24(19-21)30-13-9-23(10-14-30)27-11-4-12-29-15-17-31-18-16-29;1-2-9-24-21(6-1)16-25(28-24)20-7-3-8-23(15-20)29-13-10-22(11-14-29)27-18-19-5-4-12-26-17-19;1-29-24(26-17-27-29)9-12-25-20-10-13-30(14-11-20)21-7-4-6-18(15-21)23-16-19-5-2-3-8-22(19)28-23/h2-8,19-21,24,28-29H,9-18H2,1H3;1-3,5-8,19-20,23,27-28H,4,9-18H2;1-9,12,15-17,22,27-28H,10-11,13-14,18H2;2-8,15-17,20,25,28H,9-14H2,1H3. The second-order valence-corrected chi connectivity index (χ2v) is 34.3. The van der Waals surface area contributed by atoms with Crippen molar-refractivity contribution in [2.24, 2.45) is 13.0 Å². The molecule has 0 unspecified atom stereocenters. The number of hydrogen-bond acceptors (Lipinski definition) is 14. The van der Waals surface area contributed by atoms with Gasteiger partial charge in [0.2, 0.25) is 0 Å². The number of rotatable bonds is 24. The molecule has 14 aromatic rings. The highest BCUT2D eigenvalue weighted by molar-refractivity contribution is 5.89. The van der Waals surface area contributed by atoms with Crippen molar-refractivity contribution in [1.29, 1.82) is 0 Å². The molecule has 19 heteroatoms. The summed E-state index contributed by atoms with van der Waals surface area (Å²) in [6, 6.07) is 85.2. The number of likely N-dealkylation sites (tertiary alicyclic amines) is 1. The van der Waals surface area contributed by atoms with Crippen molar-refractivity contribution in [1.82, 2.24) is 70.8 Å². The molecular weight excluding hydrogens is 1490 g/mol. The first-order valence-electron chi connectivity index (χ1n) is 45.1. The highest BCUT2D eigenvalue weighted by Gasteiger charge is 2.26. The molecule has 20 rings (SSSR count). The maximum Gasteiger partial charge on any atom is 0.138 e. The van der Waals surface area contributed by atoms with E-state index in [-0.39, 0.29) is 0 Å². The van der Waals surface area contributed by atoms with Crippen LogP contribution in [0.4, 0.5) is 22.7 Å². The highest BCUT2D eigenvalue weighted by atomic mass is 16.5. The zero-order valence-corrected chi connectivity index (χ0v) is 71.1. The highest BCUT2D eigenvalue weighted by Crippen LogP contribution is 2.35. The van der Waals surface area contributed by atoms with Crippen molar-refractivity contribution >= 4 is 66.4 Å². The van der Waals surface area contributed by atoms with E-state index in [1.807, 2.05) is 30.2 Å². The molecule has 8 aromatic carbocycles. The number of aromatic amines is 4. The number of H-pyrrole nitrogens is 4. The first-order valence-corrected chi connectivity index (χ1v) is 45.1. The van der Waals surface area contributed by atoms with E-state index in [1.165, 1.54) is 188 Å². The molecule has 121 heavy (non-hydrogen) atoms. The molecule has 6 aromatic heterocycles. The van der Waals surface area contributed by atoms with Gasteiger partial charge in [-0.3, -0.25) is 14.6 Å². The van der Waals surface area contributed by atoms with Gasteiger partial charge in [-0.1, -0.05) is 134 Å². The molecule has 6 saturated heterocycles. The number of aryl methyl sites for hydroxylation is 1. The lowest BCUT2D eigenvalue weighted by molar-refractivity contribution is 0.0373. The van der Waals surface area contributed by atoms with Gasteiger partial charge in [-0.25, -0.2) is 4.98 Å². The number of aromatic nitrogens is 8. The largest absolute Gasteiger partial charge is 0.379 e. The molecule has 6 aliphatic heterocycles. The smallest absolute Gasteiger partial charge is 0.138 e. The Labute approximate surface area is 715 Å². The second-order valence-electron chi connectivity index (χ2n) is 34.3. The molecule has 0 spiro atoms. The molecule has 19 nitrogen and oxygen atoms in total. The van der Waals surface area contributed by atoms with Gasteiger partial charge in [0.05, 0.1) is 13.2 Å². The molecule has 8 N–H and O–H groups in total. The number of nitrogens with zero attached hydrogens (tertiary/aromatic N) is 10. The lowest BCUT2D eigenvalue weighted by atomic mass is 9.99. The number of hydrogen-bond donors (Lipinski definition) is 8. The molecule has 628 valence electrons. The fourth-order valence-electron chi connectivity index (χ4n) is 18.6. The van der Waals surface area contributed by atoms with E-state index in [0.717, 1.165) is 149 Å². The second kappa shape index (κ2) is 41.1. The van der Waals surface area contributed by atoms with Gasteiger partial charge in [-0.05, 0) is 234 Å². The van der Waals surface area contributed by atoms with Crippen molar-refractivity contribution in [2.75, 3.05) is 144 Å². The number of para-hydroxylation sites is 4. The van der Waals surface area contributed by atoms with Gasteiger partial charge in [0.25, 0.3) is 0 Å². The van der Waals surface area contributed by atoms with Crippen LogP contribution in [0.5, 0.6) is 0 Å². The number of benzene rings is 8. The summed E-state index contributed by atoms with van der Waals surface area (Å²) >= 11 is 0. The Morgan fingerprint density at radius 3 is 1.13 bits per heavy atom. The number of piperidine rings is 5. The molecule has 0 aliphatic carbocycles. The number of ether oxygens (including phenoxy) is 1. The van der Waals surface area contributed by atoms with Crippen LogP contribution in [0.2, 0.25) is 0 Å². The van der Waals surface area contributed by atoms with Crippen LogP contribution in [0.3, 0.4) is 0 Å². The van der Waals surface area contributed by atoms with Gasteiger partial charge < -0.3 is 70.4 Å². The average molecular weight is 1620 g/mol. The fraction of sp³-hybridized carbons (Fsp3) is 0.382. The van der Waals surface area contributed by atoms with Crippen LogP contribution in [0.25, 0.3) is 88.6 Å².